The third kappa shape index (κ3) is 5.14. The molecule has 0 aliphatic carbocycles. The normalized spacial score (nSPS) is 11.5. The van der Waals surface area contributed by atoms with E-state index in [-0.39, 0.29) is 18.0 Å². The zero-order valence-electron chi connectivity index (χ0n) is 9.61. The molecular formula is C11H16FNO3S. The van der Waals surface area contributed by atoms with Crippen LogP contribution >= 0.6 is 0 Å². The minimum absolute atomic E-state index is 0.0331. The Morgan fingerprint density at radius 1 is 1.29 bits per heavy atom. The number of hydrogen-bond acceptors (Lipinski definition) is 3. The van der Waals surface area contributed by atoms with Crippen molar-refractivity contribution in [1.29, 1.82) is 0 Å². The Labute approximate surface area is 101 Å². The highest BCUT2D eigenvalue weighted by Gasteiger charge is 2.10. The Morgan fingerprint density at radius 2 is 2.00 bits per heavy atom. The minimum Gasteiger partial charge on any atom is -0.396 e. The number of benzene rings is 1. The molecule has 0 aliphatic heterocycles. The summed E-state index contributed by atoms with van der Waals surface area (Å²) in [6.07, 6.45) is 0.809. The largest absolute Gasteiger partial charge is 0.396 e. The molecule has 0 aromatic heterocycles. The zero-order chi connectivity index (χ0) is 12.9. The van der Waals surface area contributed by atoms with Crippen LogP contribution < -0.4 is 4.72 Å². The number of aliphatic hydroxyl groups is 1. The molecule has 0 spiro atoms. The van der Waals surface area contributed by atoms with Gasteiger partial charge in [0.15, 0.2) is 0 Å². The molecule has 0 unspecified atom stereocenters. The average Bonchev–Trinajstić information content (AvgIpc) is 2.14. The highest BCUT2D eigenvalue weighted by Crippen LogP contribution is 2.15. The van der Waals surface area contributed by atoms with Gasteiger partial charge in [0.25, 0.3) is 0 Å². The number of sulfonamides is 1. The van der Waals surface area contributed by atoms with Crippen molar-refractivity contribution in [1.82, 2.24) is 0 Å². The third-order valence-electron chi connectivity index (χ3n) is 2.14. The molecule has 1 aromatic carbocycles. The highest BCUT2D eigenvalue weighted by atomic mass is 32.2. The van der Waals surface area contributed by atoms with Crippen LogP contribution in [0.5, 0.6) is 0 Å². The summed E-state index contributed by atoms with van der Waals surface area (Å²) in [5, 5.41) is 8.56. The number of rotatable bonds is 6. The van der Waals surface area contributed by atoms with Gasteiger partial charge in [-0.15, -0.1) is 0 Å². The molecule has 2 N–H and O–H groups in total. The summed E-state index contributed by atoms with van der Waals surface area (Å²) in [4.78, 5) is 0. The number of unbranched alkanes of at least 4 members (excludes halogenated alkanes) is 1. The highest BCUT2D eigenvalue weighted by molar-refractivity contribution is 7.92. The number of halogens is 1. The first-order chi connectivity index (χ1) is 7.93. The molecule has 1 rings (SSSR count). The molecule has 0 saturated carbocycles. The van der Waals surface area contributed by atoms with Crippen molar-refractivity contribution in [2.75, 3.05) is 17.1 Å². The van der Waals surface area contributed by atoms with E-state index < -0.39 is 15.8 Å². The predicted octanol–water partition coefficient (Wildman–Crippen LogP) is 1.65. The summed E-state index contributed by atoms with van der Waals surface area (Å²) in [7, 11) is -3.47. The molecule has 0 fully saturated rings. The van der Waals surface area contributed by atoms with E-state index in [9.17, 15) is 12.8 Å². The van der Waals surface area contributed by atoms with E-state index in [1.165, 1.54) is 6.07 Å². The summed E-state index contributed by atoms with van der Waals surface area (Å²) < 4.78 is 38.5. The van der Waals surface area contributed by atoms with Gasteiger partial charge in [-0.1, -0.05) is 0 Å². The average molecular weight is 261 g/mol. The van der Waals surface area contributed by atoms with Crippen LogP contribution in [0.3, 0.4) is 0 Å². The van der Waals surface area contributed by atoms with Gasteiger partial charge in [0, 0.05) is 6.61 Å². The molecule has 0 heterocycles. The smallest absolute Gasteiger partial charge is 0.232 e. The molecular weight excluding hydrogens is 245 g/mol. The van der Waals surface area contributed by atoms with Gasteiger partial charge >= 0.3 is 0 Å². The number of aryl methyl sites for hydroxylation is 1. The van der Waals surface area contributed by atoms with Crippen molar-refractivity contribution in [2.45, 2.75) is 19.8 Å². The van der Waals surface area contributed by atoms with Crippen LogP contribution in [0.25, 0.3) is 0 Å². The molecule has 0 aliphatic rings. The zero-order valence-corrected chi connectivity index (χ0v) is 10.4. The van der Waals surface area contributed by atoms with Crippen molar-refractivity contribution in [3.05, 3.63) is 29.6 Å². The maximum atomic E-state index is 13.0. The quantitative estimate of drug-likeness (QED) is 0.765. The fourth-order valence-corrected chi connectivity index (χ4v) is 2.59. The Balaban J connectivity index is 2.69. The molecule has 17 heavy (non-hydrogen) atoms. The van der Waals surface area contributed by atoms with Gasteiger partial charge in [0.05, 0.1) is 11.4 Å². The Hall–Kier alpha value is -1.14. The fourth-order valence-electron chi connectivity index (χ4n) is 1.43. The number of nitrogens with one attached hydrogen (secondary N) is 1. The SMILES string of the molecule is Cc1cc(F)cc(NS(=O)(=O)CCCCO)c1. The summed E-state index contributed by atoms with van der Waals surface area (Å²) in [6, 6.07) is 4.02. The second-order valence-corrected chi connectivity index (χ2v) is 5.71. The third-order valence-corrected chi connectivity index (χ3v) is 3.51. The van der Waals surface area contributed by atoms with Crippen molar-refractivity contribution < 1.29 is 17.9 Å². The summed E-state index contributed by atoms with van der Waals surface area (Å²) in [5.74, 6) is -0.554. The van der Waals surface area contributed by atoms with E-state index >= 15 is 0 Å². The number of aliphatic hydroxyl groups excluding tert-OH is 1. The molecule has 96 valence electrons. The maximum absolute atomic E-state index is 13.0. The minimum atomic E-state index is -3.47. The predicted molar refractivity (Wildman–Crippen MR) is 64.9 cm³/mol. The molecule has 0 amide bonds. The van der Waals surface area contributed by atoms with E-state index in [0.29, 0.717) is 18.4 Å². The first-order valence-electron chi connectivity index (χ1n) is 5.31. The Morgan fingerprint density at radius 3 is 2.59 bits per heavy atom. The van der Waals surface area contributed by atoms with Crippen molar-refractivity contribution in [3.8, 4) is 0 Å². The molecule has 0 bridgehead atoms. The van der Waals surface area contributed by atoms with Crippen LogP contribution in [0.1, 0.15) is 18.4 Å². The molecule has 6 heteroatoms. The van der Waals surface area contributed by atoms with E-state index in [2.05, 4.69) is 4.72 Å². The molecule has 4 nitrogen and oxygen atoms in total. The van der Waals surface area contributed by atoms with Crippen molar-refractivity contribution in [3.63, 3.8) is 0 Å². The van der Waals surface area contributed by atoms with Gasteiger partial charge < -0.3 is 5.11 Å². The fraction of sp³-hybridized carbons (Fsp3) is 0.455. The standard InChI is InChI=1S/C11H16FNO3S/c1-9-6-10(12)8-11(7-9)13-17(15,16)5-3-2-4-14/h6-8,13-14H,2-5H2,1H3. The van der Waals surface area contributed by atoms with Crippen molar-refractivity contribution >= 4 is 15.7 Å². The molecule has 0 saturated heterocycles. The van der Waals surface area contributed by atoms with E-state index in [0.717, 1.165) is 6.07 Å². The van der Waals surface area contributed by atoms with Crippen LogP contribution in [0, 0.1) is 12.7 Å². The summed E-state index contributed by atoms with van der Waals surface area (Å²) >= 11 is 0. The van der Waals surface area contributed by atoms with E-state index in [1.807, 2.05) is 0 Å². The van der Waals surface area contributed by atoms with Gasteiger partial charge in [-0.3, -0.25) is 4.72 Å². The Bertz CT molecular complexity index is 453. The topological polar surface area (TPSA) is 66.4 Å². The van der Waals surface area contributed by atoms with E-state index in [1.54, 1.807) is 13.0 Å². The second kappa shape index (κ2) is 5.97. The van der Waals surface area contributed by atoms with Gasteiger partial charge in [-0.25, -0.2) is 12.8 Å². The first kappa shape index (κ1) is 13.9. The molecule has 0 atom stereocenters. The van der Waals surface area contributed by atoms with Crippen LogP contribution in [0.15, 0.2) is 18.2 Å². The Kier molecular flexibility index (Phi) is 4.89. The molecule has 1 aromatic rings. The maximum Gasteiger partial charge on any atom is 0.232 e. The number of anilines is 1. The molecule has 0 radical (unpaired) electrons. The summed E-state index contributed by atoms with van der Waals surface area (Å²) in [6.45, 7) is 1.65. The number of hydrogen-bond donors (Lipinski definition) is 2. The monoisotopic (exact) mass is 261 g/mol. The lowest BCUT2D eigenvalue weighted by atomic mass is 10.2. The van der Waals surface area contributed by atoms with Crippen LogP contribution in [0.4, 0.5) is 10.1 Å². The van der Waals surface area contributed by atoms with Gasteiger partial charge in [-0.05, 0) is 43.5 Å². The van der Waals surface area contributed by atoms with Crippen LogP contribution in [0.2, 0.25) is 0 Å². The van der Waals surface area contributed by atoms with Crippen LogP contribution in [-0.2, 0) is 10.0 Å². The van der Waals surface area contributed by atoms with E-state index in [4.69, 9.17) is 5.11 Å². The second-order valence-electron chi connectivity index (χ2n) is 3.87. The van der Waals surface area contributed by atoms with Crippen molar-refractivity contribution in [2.24, 2.45) is 0 Å². The van der Waals surface area contributed by atoms with Gasteiger partial charge in [0.2, 0.25) is 10.0 Å². The van der Waals surface area contributed by atoms with Crippen LogP contribution in [-0.4, -0.2) is 25.9 Å². The lowest BCUT2D eigenvalue weighted by molar-refractivity contribution is 0.287. The first-order valence-corrected chi connectivity index (χ1v) is 6.97. The lowest BCUT2D eigenvalue weighted by Gasteiger charge is -2.08. The lowest BCUT2D eigenvalue weighted by Crippen LogP contribution is -2.17. The summed E-state index contributed by atoms with van der Waals surface area (Å²) in [5.41, 5.74) is 0.879. The van der Waals surface area contributed by atoms with Gasteiger partial charge in [0.1, 0.15) is 5.82 Å². The van der Waals surface area contributed by atoms with Gasteiger partial charge in [-0.2, -0.15) is 0 Å².